The summed E-state index contributed by atoms with van der Waals surface area (Å²) in [5, 5.41) is 16.0. The van der Waals surface area contributed by atoms with Crippen molar-refractivity contribution in [3.05, 3.63) is 71.8 Å². The number of aryl methyl sites for hydroxylation is 2. The first kappa shape index (κ1) is 26.4. The van der Waals surface area contributed by atoms with E-state index in [0.717, 1.165) is 5.56 Å². The van der Waals surface area contributed by atoms with Gasteiger partial charge < -0.3 is 25.4 Å². The van der Waals surface area contributed by atoms with Crippen LogP contribution in [0.4, 0.5) is 10.5 Å². The molecule has 0 saturated carbocycles. The molecule has 0 aliphatic rings. The molecule has 0 saturated heterocycles. The lowest BCUT2D eigenvalue weighted by atomic mass is 9.99. The molecule has 2 aromatic rings. The maximum absolute atomic E-state index is 13.5. The van der Waals surface area contributed by atoms with Crippen molar-refractivity contribution in [1.82, 2.24) is 10.2 Å². The predicted molar refractivity (Wildman–Crippen MR) is 132 cm³/mol. The summed E-state index contributed by atoms with van der Waals surface area (Å²) < 4.78 is 5.19. The van der Waals surface area contributed by atoms with Gasteiger partial charge in [-0.05, 0) is 51.8 Å². The minimum absolute atomic E-state index is 0.00801. The third-order valence-electron chi connectivity index (χ3n) is 4.96. The topological polar surface area (TPSA) is 108 Å². The van der Waals surface area contributed by atoms with Gasteiger partial charge in [-0.2, -0.15) is 0 Å². The molecule has 3 N–H and O–H groups in total. The molecule has 2 rings (SSSR count). The molecule has 2 aromatic carbocycles. The molecular weight excluding hydrogens is 434 g/mol. The van der Waals surface area contributed by atoms with Gasteiger partial charge in [-0.15, -0.1) is 6.58 Å². The van der Waals surface area contributed by atoms with E-state index in [1.54, 1.807) is 58.0 Å². The normalized spacial score (nSPS) is 11.8. The van der Waals surface area contributed by atoms with Crippen molar-refractivity contribution < 1.29 is 24.2 Å². The Hall–Kier alpha value is -3.81. The summed E-state index contributed by atoms with van der Waals surface area (Å²) in [4.78, 5) is 40.0. The SMILES string of the molecule is C=CCN(C(=O)CNC(=O)OC(C)(C)C)C(C(=O)Nc1ccccc1C)c1cccc(C)c1O. The van der Waals surface area contributed by atoms with Crippen molar-refractivity contribution in [2.24, 2.45) is 0 Å². The molecule has 34 heavy (non-hydrogen) atoms. The molecule has 3 amide bonds. The fraction of sp³-hybridized carbons (Fsp3) is 0.346. The number of benzene rings is 2. The fourth-order valence-corrected chi connectivity index (χ4v) is 3.32. The number of alkyl carbamates (subject to hydrolysis) is 1. The second-order valence-electron chi connectivity index (χ2n) is 8.91. The number of hydrogen-bond donors (Lipinski definition) is 3. The average molecular weight is 468 g/mol. The van der Waals surface area contributed by atoms with Crippen LogP contribution in [0.1, 0.15) is 43.5 Å². The molecule has 0 heterocycles. The van der Waals surface area contributed by atoms with Crippen LogP contribution in [-0.2, 0) is 14.3 Å². The molecule has 0 fully saturated rings. The second kappa shape index (κ2) is 11.4. The Morgan fingerprint density at radius 3 is 2.35 bits per heavy atom. The van der Waals surface area contributed by atoms with Crippen LogP contribution in [0, 0.1) is 13.8 Å². The number of ether oxygens (including phenoxy) is 1. The van der Waals surface area contributed by atoms with E-state index in [0.29, 0.717) is 11.3 Å². The minimum atomic E-state index is -1.18. The number of phenols is 1. The maximum atomic E-state index is 13.5. The third-order valence-corrected chi connectivity index (χ3v) is 4.96. The second-order valence-corrected chi connectivity index (χ2v) is 8.91. The van der Waals surface area contributed by atoms with E-state index in [9.17, 15) is 19.5 Å². The van der Waals surface area contributed by atoms with Gasteiger partial charge in [-0.3, -0.25) is 9.59 Å². The van der Waals surface area contributed by atoms with Crippen molar-refractivity contribution >= 4 is 23.6 Å². The smallest absolute Gasteiger partial charge is 0.408 e. The summed E-state index contributed by atoms with van der Waals surface area (Å²) in [6, 6.07) is 11.1. The largest absolute Gasteiger partial charge is 0.507 e. The van der Waals surface area contributed by atoms with E-state index in [2.05, 4.69) is 17.2 Å². The van der Waals surface area contributed by atoms with E-state index in [1.807, 2.05) is 19.1 Å². The molecule has 0 radical (unpaired) electrons. The number of rotatable bonds is 8. The number of amides is 3. The molecule has 182 valence electrons. The summed E-state index contributed by atoms with van der Waals surface area (Å²) in [6.45, 7) is 12.0. The number of carbonyl (C=O) groups excluding carboxylic acids is 3. The standard InChI is InChI=1S/C26H33N3O5/c1-7-15-29(21(30)16-27-25(33)34-26(4,5)6)22(19-13-10-12-18(3)23(19)31)24(32)28-20-14-9-8-11-17(20)2/h7-14,22,31H,1,15-16H2,2-6H3,(H,27,33)(H,28,32). The Kier molecular flexibility index (Phi) is 8.83. The van der Waals surface area contributed by atoms with Gasteiger partial charge in [-0.25, -0.2) is 4.79 Å². The number of phenolic OH excluding ortho intramolecular Hbond substituents is 1. The number of nitrogens with one attached hydrogen (secondary N) is 2. The molecule has 0 bridgehead atoms. The monoisotopic (exact) mass is 467 g/mol. The van der Waals surface area contributed by atoms with E-state index < -0.39 is 36.1 Å². The third kappa shape index (κ3) is 7.10. The van der Waals surface area contributed by atoms with Crippen molar-refractivity contribution in [2.45, 2.75) is 46.3 Å². The minimum Gasteiger partial charge on any atom is -0.507 e. The maximum Gasteiger partial charge on any atom is 0.408 e. The molecule has 1 atom stereocenters. The highest BCUT2D eigenvalue weighted by Crippen LogP contribution is 2.33. The van der Waals surface area contributed by atoms with Crippen LogP contribution in [0.3, 0.4) is 0 Å². The van der Waals surface area contributed by atoms with Gasteiger partial charge in [-0.1, -0.05) is 42.5 Å². The molecule has 0 aliphatic carbocycles. The molecule has 8 heteroatoms. The first-order chi connectivity index (χ1) is 15.9. The van der Waals surface area contributed by atoms with Crippen LogP contribution in [0.25, 0.3) is 0 Å². The summed E-state index contributed by atoms with van der Waals surface area (Å²) in [7, 11) is 0. The number of aromatic hydroxyl groups is 1. The zero-order valence-corrected chi connectivity index (χ0v) is 20.3. The Labute approximate surface area is 200 Å². The first-order valence-electron chi connectivity index (χ1n) is 11.0. The number of nitrogens with zero attached hydrogens (tertiary/aromatic N) is 1. The molecule has 0 aromatic heterocycles. The van der Waals surface area contributed by atoms with E-state index in [1.165, 1.54) is 11.0 Å². The number of carbonyl (C=O) groups is 3. The molecular formula is C26H33N3O5. The van der Waals surface area contributed by atoms with Gasteiger partial charge in [0, 0.05) is 17.8 Å². The van der Waals surface area contributed by atoms with E-state index in [-0.39, 0.29) is 17.9 Å². The molecule has 0 aliphatic heterocycles. The lowest BCUT2D eigenvalue weighted by Gasteiger charge is -2.31. The van der Waals surface area contributed by atoms with Gasteiger partial charge in [0.2, 0.25) is 5.91 Å². The Balaban J connectivity index is 2.40. The first-order valence-corrected chi connectivity index (χ1v) is 11.0. The van der Waals surface area contributed by atoms with Crippen LogP contribution in [-0.4, -0.2) is 46.6 Å². The predicted octanol–water partition coefficient (Wildman–Crippen LogP) is 4.23. The average Bonchev–Trinajstić information content (AvgIpc) is 2.75. The van der Waals surface area contributed by atoms with Crippen molar-refractivity contribution in [2.75, 3.05) is 18.4 Å². The van der Waals surface area contributed by atoms with Crippen LogP contribution in [0.2, 0.25) is 0 Å². The van der Waals surface area contributed by atoms with E-state index >= 15 is 0 Å². The lowest BCUT2D eigenvalue weighted by Crippen LogP contribution is -2.46. The van der Waals surface area contributed by atoms with Gasteiger partial charge in [0.25, 0.3) is 5.91 Å². The summed E-state index contributed by atoms with van der Waals surface area (Å²) in [5.41, 5.74) is 1.53. The molecule has 1 unspecified atom stereocenters. The van der Waals surface area contributed by atoms with Crippen molar-refractivity contribution in [3.8, 4) is 5.75 Å². The van der Waals surface area contributed by atoms with Crippen LogP contribution in [0.5, 0.6) is 5.75 Å². The van der Waals surface area contributed by atoms with E-state index in [4.69, 9.17) is 4.74 Å². The van der Waals surface area contributed by atoms with Crippen molar-refractivity contribution in [1.29, 1.82) is 0 Å². The van der Waals surface area contributed by atoms with Gasteiger partial charge in [0.15, 0.2) is 0 Å². The van der Waals surface area contributed by atoms with Crippen LogP contribution < -0.4 is 10.6 Å². The number of hydrogen-bond acceptors (Lipinski definition) is 5. The zero-order valence-electron chi connectivity index (χ0n) is 20.3. The molecule has 8 nitrogen and oxygen atoms in total. The van der Waals surface area contributed by atoms with Gasteiger partial charge in [0.05, 0.1) is 0 Å². The summed E-state index contributed by atoms with van der Waals surface area (Å²) in [6.07, 6.45) is 0.727. The fourth-order valence-electron chi connectivity index (χ4n) is 3.32. The highest BCUT2D eigenvalue weighted by atomic mass is 16.6. The Morgan fingerprint density at radius 1 is 1.09 bits per heavy atom. The summed E-state index contributed by atoms with van der Waals surface area (Å²) in [5.74, 6) is -1.14. The quantitative estimate of drug-likeness (QED) is 0.504. The Morgan fingerprint density at radius 2 is 1.74 bits per heavy atom. The lowest BCUT2D eigenvalue weighted by molar-refractivity contribution is -0.137. The number of para-hydroxylation sites is 2. The van der Waals surface area contributed by atoms with Crippen LogP contribution >= 0.6 is 0 Å². The molecule has 0 spiro atoms. The van der Waals surface area contributed by atoms with Crippen LogP contribution in [0.15, 0.2) is 55.1 Å². The van der Waals surface area contributed by atoms with Crippen molar-refractivity contribution in [3.63, 3.8) is 0 Å². The zero-order chi connectivity index (χ0) is 25.5. The Bertz CT molecular complexity index is 1060. The van der Waals surface area contributed by atoms with Gasteiger partial charge in [0.1, 0.15) is 23.9 Å². The summed E-state index contributed by atoms with van der Waals surface area (Å²) >= 11 is 0. The highest BCUT2D eigenvalue weighted by Gasteiger charge is 2.33. The number of anilines is 1. The highest BCUT2D eigenvalue weighted by molar-refractivity contribution is 5.99. The van der Waals surface area contributed by atoms with Gasteiger partial charge >= 0.3 is 6.09 Å².